The molecular weight excluding hydrogens is 270 g/mol. The molecule has 19 heavy (non-hydrogen) atoms. The van der Waals surface area contributed by atoms with Crippen LogP contribution in [0.5, 0.6) is 0 Å². The lowest BCUT2D eigenvalue weighted by atomic mass is 9.88. The van der Waals surface area contributed by atoms with Gasteiger partial charge in [0, 0.05) is 19.6 Å². The maximum atomic E-state index is 11.9. The molecule has 5 N–H and O–H groups in total. The van der Waals surface area contributed by atoms with Crippen LogP contribution in [-0.4, -0.2) is 56.6 Å². The van der Waals surface area contributed by atoms with Crippen LogP contribution in [-0.2, 0) is 10.2 Å². The van der Waals surface area contributed by atoms with Crippen molar-refractivity contribution >= 4 is 16.0 Å². The number of hydrogen-bond acceptors (Lipinski definition) is 5. The predicted octanol–water partition coefficient (Wildman–Crippen LogP) is -0.969. The van der Waals surface area contributed by atoms with Crippen LogP contribution in [0.25, 0.3) is 0 Å². The van der Waals surface area contributed by atoms with Crippen LogP contribution in [0.15, 0.2) is 5.16 Å². The summed E-state index contributed by atoms with van der Waals surface area (Å²) in [6.07, 6.45) is 1.62. The summed E-state index contributed by atoms with van der Waals surface area (Å²) in [7, 11) is -1.72. The summed E-state index contributed by atoms with van der Waals surface area (Å²) in [5.74, 6) is -0.0949. The van der Waals surface area contributed by atoms with Crippen molar-refractivity contribution in [3.05, 3.63) is 0 Å². The Morgan fingerprint density at radius 1 is 1.47 bits per heavy atom. The van der Waals surface area contributed by atoms with E-state index in [2.05, 4.69) is 19.5 Å². The molecule has 8 nitrogen and oxygen atoms in total. The molecule has 0 aliphatic carbocycles. The number of nitrogens with one attached hydrogen (secondary N) is 2. The van der Waals surface area contributed by atoms with Crippen LogP contribution in [0.3, 0.4) is 0 Å². The standard InChI is InChI=1S/C10H23N5O3S/c1-3-6-12-19(17,18)14-10(9(11)13-16)4-7-15(2)8-5-10/h12,14,16H,3-8H2,1-2H3,(H2,11,13). The third-order valence-electron chi connectivity index (χ3n) is 3.31. The third kappa shape index (κ3) is 4.30. The Labute approximate surface area is 114 Å². The molecule has 0 amide bonds. The fourth-order valence-electron chi connectivity index (χ4n) is 2.04. The summed E-state index contributed by atoms with van der Waals surface area (Å²) in [5, 5.41) is 11.9. The smallest absolute Gasteiger partial charge is 0.277 e. The molecule has 1 aliphatic rings. The zero-order valence-corrected chi connectivity index (χ0v) is 12.2. The first kappa shape index (κ1) is 16.2. The molecule has 1 aliphatic heterocycles. The number of oxime groups is 1. The minimum Gasteiger partial charge on any atom is -0.409 e. The molecule has 0 bridgehead atoms. The van der Waals surface area contributed by atoms with Gasteiger partial charge in [0.05, 0.1) is 5.54 Å². The predicted molar refractivity (Wildman–Crippen MR) is 73.2 cm³/mol. The topological polar surface area (TPSA) is 120 Å². The van der Waals surface area contributed by atoms with Crippen molar-refractivity contribution in [2.24, 2.45) is 10.9 Å². The van der Waals surface area contributed by atoms with Gasteiger partial charge in [-0.05, 0) is 26.3 Å². The van der Waals surface area contributed by atoms with Crippen molar-refractivity contribution in [2.45, 2.75) is 31.7 Å². The monoisotopic (exact) mass is 293 g/mol. The molecule has 1 heterocycles. The molecule has 0 saturated carbocycles. The number of nitrogens with two attached hydrogens (primary N) is 1. The van der Waals surface area contributed by atoms with E-state index in [0.29, 0.717) is 38.9 Å². The van der Waals surface area contributed by atoms with Gasteiger partial charge in [0.2, 0.25) is 0 Å². The molecular formula is C10H23N5O3S. The summed E-state index contributed by atoms with van der Waals surface area (Å²) in [6.45, 7) is 3.57. The molecule has 0 atom stereocenters. The molecule has 0 aromatic heterocycles. The Morgan fingerprint density at radius 3 is 2.53 bits per heavy atom. The number of piperidine rings is 1. The van der Waals surface area contributed by atoms with E-state index in [9.17, 15) is 8.42 Å². The van der Waals surface area contributed by atoms with Gasteiger partial charge < -0.3 is 15.8 Å². The second-order valence-corrected chi connectivity index (χ2v) is 6.37. The van der Waals surface area contributed by atoms with Gasteiger partial charge in [0.1, 0.15) is 0 Å². The second kappa shape index (κ2) is 6.51. The maximum absolute atomic E-state index is 11.9. The van der Waals surface area contributed by atoms with Gasteiger partial charge in [-0.15, -0.1) is 0 Å². The molecule has 1 rings (SSSR count). The van der Waals surface area contributed by atoms with Gasteiger partial charge in [0.15, 0.2) is 5.84 Å². The Kier molecular flexibility index (Phi) is 5.53. The minimum atomic E-state index is -3.66. The molecule has 1 saturated heterocycles. The summed E-state index contributed by atoms with van der Waals surface area (Å²) in [4.78, 5) is 2.07. The van der Waals surface area contributed by atoms with E-state index < -0.39 is 15.7 Å². The number of nitrogens with zero attached hydrogens (tertiary/aromatic N) is 2. The van der Waals surface area contributed by atoms with E-state index in [1.807, 2.05) is 14.0 Å². The highest BCUT2D eigenvalue weighted by Gasteiger charge is 2.41. The first-order valence-electron chi connectivity index (χ1n) is 6.30. The van der Waals surface area contributed by atoms with E-state index in [4.69, 9.17) is 10.9 Å². The number of rotatable bonds is 6. The summed E-state index contributed by atoms with van der Waals surface area (Å²) < 4.78 is 28.8. The molecule has 0 unspecified atom stereocenters. The van der Waals surface area contributed by atoms with Gasteiger partial charge in [-0.25, -0.2) is 4.72 Å². The van der Waals surface area contributed by atoms with Crippen LogP contribution in [0, 0.1) is 0 Å². The second-order valence-electron chi connectivity index (χ2n) is 4.87. The van der Waals surface area contributed by atoms with Crippen molar-refractivity contribution in [1.29, 1.82) is 0 Å². The maximum Gasteiger partial charge on any atom is 0.277 e. The molecule has 0 spiro atoms. The highest BCUT2D eigenvalue weighted by Crippen LogP contribution is 2.22. The van der Waals surface area contributed by atoms with E-state index in [1.54, 1.807) is 0 Å². The average molecular weight is 293 g/mol. The molecule has 9 heteroatoms. The van der Waals surface area contributed by atoms with Crippen molar-refractivity contribution in [3.63, 3.8) is 0 Å². The van der Waals surface area contributed by atoms with Gasteiger partial charge in [-0.2, -0.15) is 13.1 Å². The fraction of sp³-hybridized carbons (Fsp3) is 0.900. The summed E-state index contributed by atoms with van der Waals surface area (Å²) in [5.41, 5.74) is 4.68. The fourth-order valence-corrected chi connectivity index (χ4v) is 3.40. The van der Waals surface area contributed by atoms with Crippen molar-refractivity contribution < 1.29 is 13.6 Å². The lowest BCUT2D eigenvalue weighted by Crippen LogP contribution is -2.63. The average Bonchev–Trinajstić information content (AvgIpc) is 2.38. The SMILES string of the molecule is CCCNS(=O)(=O)NC1(C(N)=NO)CCN(C)CC1. The zero-order chi connectivity index (χ0) is 14.5. The first-order valence-corrected chi connectivity index (χ1v) is 7.78. The third-order valence-corrected chi connectivity index (χ3v) is 4.55. The summed E-state index contributed by atoms with van der Waals surface area (Å²) in [6, 6.07) is 0. The van der Waals surface area contributed by atoms with E-state index in [1.165, 1.54) is 0 Å². The van der Waals surface area contributed by atoms with Gasteiger partial charge in [-0.1, -0.05) is 12.1 Å². The van der Waals surface area contributed by atoms with E-state index in [-0.39, 0.29) is 5.84 Å². The number of amidine groups is 1. The van der Waals surface area contributed by atoms with Crippen molar-refractivity contribution in [3.8, 4) is 0 Å². The molecule has 112 valence electrons. The quantitative estimate of drug-likeness (QED) is 0.217. The van der Waals surface area contributed by atoms with Crippen molar-refractivity contribution in [2.75, 3.05) is 26.7 Å². The first-order chi connectivity index (χ1) is 8.85. The Hall–Kier alpha value is -0.900. The lowest BCUT2D eigenvalue weighted by Gasteiger charge is -2.39. The normalized spacial score (nSPS) is 21.5. The van der Waals surface area contributed by atoms with Crippen LogP contribution in [0.2, 0.25) is 0 Å². The Bertz CT molecular complexity index is 415. The van der Waals surface area contributed by atoms with E-state index >= 15 is 0 Å². The molecule has 0 radical (unpaired) electrons. The Balaban J connectivity index is 2.88. The minimum absolute atomic E-state index is 0.0949. The molecule has 0 aromatic rings. The van der Waals surface area contributed by atoms with Crippen molar-refractivity contribution in [1.82, 2.24) is 14.3 Å². The largest absolute Gasteiger partial charge is 0.409 e. The number of likely N-dealkylation sites (tertiary alicyclic amines) is 1. The van der Waals surface area contributed by atoms with Crippen LogP contribution >= 0.6 is 0 Å². The highest BCUT2D eigenvalue weighted by atomic mass is 32.2. The van der Waals surface area contributed by atoms with E-state index in [0.717, 1.165) is 0 Å². The molecule has 1 fully saturated rings. The van der Waals surface area contributed by atoms with Crippen LogP contribution in [0.4, 0.5) is 0 Å². The molecule has 0 aromatic carbocycles. The Morgan fingerprint density at radius 2 is 2.05 bits per heavy atom. The van der Waals surface area contributed by atoms with Crippen LogP contribution in [0.1, 0.15) is 26.2 Å². The summed E-state index contributed by atoms with van der Waals surface area (Å²) >= 11 is 0. The van der Waals surface area contributed by atoms with Gasteiger partial charge in [-0.3, -0.25) is 0 Å². The van der Waals surface area contributed by atoms with Gasteiger partial charge >= 0.3 is 0 Å². The highest BCUT2D eigenvalue weighted by molar-refractivity contribution is 7.87. The van der Waals surface area contributed by atoms with Gasteiger partial charge in [0.25, 0.3) is 10.2 Å². The lowest BCUT2D eigenvalue weighted by molar-refractivity contribution is 0.213. The van der Waals surface area contributed by atoms with Crippen LogP contribution < -0.4 is 15.2 Å². The number of hydrogen-bond donors (Lipinski definition) is 4. The zero-order valence-electron chi connectivity index (χ0n) is 11.4.